The molecule has 7 nitrogen and oxygen atoms in total. The topological polar surface area (TPSA) is 80.4 Å². The van der Waals surface area contributed by atoms with Crippen LogP contribution in [0.1, 0.15) is 24.4 Å². The van der Waals surface area contributed by atoms with E-state index in [0.717, 1.165) is 15.8 Å². The molecule has 0 aliphatic rings. The highest BCUT2D eigenvalue weighted by atomic mass is 79.9. The second-order valence-electron chi connectivity index (χ2n) is 5.79. The average molecular weight is 395 g/mol. The molecule has 0 amide bonds. The van der Waals surface area contributed by atoms with E-state index in [4.69, 9.17) is 10.5 Å². The van der Waals surface area contributed by atoms with Crippen molar-refractivity contribution < 1.29 is 4.74 Å². The lowest BCUT2D eigenvalue weighted by atomic mass is 10.1. The molecule has 8 heteroatoms. The van der Waals surface area contributed by atoms with Gasteiger partial charge in [0, 0.05) is 30.7 Å². The molecule has 130 valence electrons. The third-order valence-electron chi connectivity index (χ3n) is 3.76. The molecule has 0 fully saturated rings. The molecule has 2 N–H and O–H groups in total. The van der Waals surface area contributed by atoms with Crippen molar-refractivity contribution in [3.63, 3.8) is 0 Å². The zero-order valence-corrected chi connectivity index (χ0v) is 16.2. The predicted molar refractivity (Wildman–Crippen MR) is 99.1 cm³/mol. The fraction of sp³-hybridized carbons (Fsp3) is 0.438. The van der Waals surface area contributed by atoms with Gasteiger partial charge in [0.25, 0.3) is 0 Å². The summed E-state index contributed by atoms with van der Waals surface area (Å²) in [7, 11) is 7.44. The van der Waals surface area contributed by atoms with Crippen LogP contribution in [0.25, 0.3) is 0 Å². The quantitative estimate of drug-likeness (QED) is 0.805. The van der Waals surface area contributed by atoms with Gasteiger partial charge in [0.2, 0.25) is 11.9 Å². The predicted octanol–water partition coefficient (Wildman–Crippen LogP) is 2.48. The van der Waals surface area contributed by atoms with E-state index in [1.165, 1.54) is 0 Å². The first-order valence-corrected chi connectivity index (χ1v) is 8.32. The molecule has 0 aliphatic carbocycles. The Morgan fingerprint density at radius 2 is 1.92 bits per heavy atom. The van der Waals surface area contributed by atoms with Gasteiger partial charge >= 0.3 is 0 Å². The van der Waals surface area contributed by atoms with Gasteiger partial charge in [0.05, 0.1) is 13.2 Å². The van der Waals surface area contributed by atoms with Crippen LogP contribution >= 0.6 is 15.9 Å². The lowest BCUT2D eigenvalue weighted by molar-refractivity contribution is 0.240. The summed E-state index contributed by atoms with van der Waals surface area (Å²) in [4.78, 5) is 16.9. The highest BCUT2D eigenvalue weighted by molar-refractivity contribution is 9.10. The van der Waals surface area contributed by atoms with Gasteiger partial charge in [0.15, 0.2) is 5.82 Å². The maximum atomic E-state index is 5.82. The molecule has 24 heavy (non-hydrogen) atoms. The summed E-state index contributed by atoms with van der Waals surface area (Å²) in [6.07, 6.45) is 0. The normalized spacial score (nSPS) is 12.3. The van der Waals surface area contributed by atoms with Crippen molar-refractivity contribution in [1.29, 1.82) is 0 Å². The average Bonchev–Trinajstić information content (AvgIpc) is 2.53. The lowest BCUT2D eigenvalue weighted by Gasteiger charge is -2.25. The molecule has 1 aromatic carbocycles. The van der Waals surface area contributed by atoms with Gasteiger partial charge in [-0.05, 0) is 32.2 Å². The van der Waals surface area contributed by atoms with Crippen molar-refractivity contribution in [2.24, 2.45) is 0 Å². The molecule has 0 saturated carbocycles. The molecule has 1 heterocycles. The molecular weight excluding hydrogens is 372 g/mol. The number of benzene rings is 1. The molecule has 2 aromatic rings. The molecule has 1 aromatic heterocycles. The molecule has 0 radical (unpaired) electrons. The number of nitrogens with two attached hydrogens (primary N) is 1. The van der Waals surface area contributed by atoms with E-state index in [-0.39, 0.29) is 12.0 Å². The van der Waals surface area contributed by atoms with E-state index in [1.54, 1.807) is 7.11 Å². The zero-order valence-electron chi connectivity index (χ0n) is 14.6. The molecule has 0 aliphatic heterocycles. The highest BCUT2D eigenvalue weighted by Gasteiger charge is 2.19. The van der Waals surface area contributed by atoms with Crippen LogP contribution in [-0.2, 0) is 6.54 Å². The van der Waals surface area contributed by atoms with Crippen LogP contribution in [0.5, 0.6) is 5.75 Å². The van der Waals surface area contributed by atoms with Crippen molar-refractivity contribution in [3.05, 3.63) is 34.1 Å². The summed E-state index contributed by atoms with van der Waals surface area (Å²) in [6, 6.07) is 5.93. The van der Waals surface area contributed by atoms with Gasteiger partial charge in [-0.3, -0.25) is 4.90 Å². The van der Waals surface area contributed by atoms with Gasteiger partial charge in [-0.15, -0.1) is 0 Å². The molecular formula is C16H23BrN6O. The van der Waals surface area contributed by atoms with Crippen LogP contribution in [0.3, 0.4) is 0 Å². The van der Waals surface area contributed by atoms with Gasteiger partial charge in [-0.2, -0.15) is 15.0 Å². The van der Waals surface area contributed by atoms with Crippen molar-refractivity contribution in [2.45, 2.75) is 19.5 Å². The maximum absolute atomic E-state index is 5.82. The first-order valence-electron chi connectivity index (χ1n) is 7.53. The summed E-state index contributed by atoms with van der Waals surface area (Å²) in [6.45, 7) is 2.73. The SMILES string of the molecule is COc1ccc(Br)cc1CN(C)[C@H](C)c1nc(N)nc(N(C)C)n1. The Morgan fingerprint density at radius 3 is 2.54 bits per heavy atom. The first kappa shape index (κ1) is 18.4. The largest absolute Gasteiger partial charge is 0.496 e. The number of hydrogen-bond acceptors (Lipinski definition) is 7. The van der Waals surface area contributed by atoms with Gasteiger partial charge in [0.1, 0.15) is 5.75 Å². The Bertz CT molecular complexity index is 709. The van der Waals surface area contributed by atoms with Gasteiger partial charge in [-0.1, -0.05) is 15.9 Å². The minimum Gasteiger partial charge on any atom is -0.496 e. The summed E-state index contributed by atoms with van der Waals surface area (Å²) < 4.78 is 6.45. The Balaban J connectivity index is 2.24. The number of anilines is 2. The standard InChI is InChI=1S/C16H23BrN6O/c1-10(14-19-15(18)21-16(20-14)22(2)3)23(4)9-11-8-12(17)6-7-13(11)24-5/h6-8,10H,9H2,1-5H3,(H2,18,19,20,21)/t10-/m1/s1. The highest BCUT2D eigenvalue weighted by Crippen LogP contribution is 2.27. The number of methoxy groups -OCH3 is 1. The summed E-state index contributed by atoms with van der Waals surface area (Å²) >= 11 is 3.50. The van der Waals surface area contributed by atoms with Gasteiger partial charge in [-0.25, -0.2) is 0 Å². The third-order valence-corrected chi connectivity index (χ3v) is 4.25. The Kier molecular flexibility index (Phi) is 5.95. The zero-order chi connectivity index (χ0) is 17.9. The second kappa shape index (κ2) is 7.76. The van der Waals surface area contributed by atoms with Crippen LogP contribution in [0.4, 0.5) is 11.9 Å². The lowest BCUT2D eigenvalue weighted by Crippen LogP contribution is -2.25. The number of rotatable bonds is 6. The second-order valence-corrected chi connectivity index (χ2v) is 6.71. The van der Waals surface area contributed by atoms with E-state index in [9.17, 15) is 0 Å². The Hall–Kier alpha value is -1.93. The molecule has 2 rings (SSSR count). The van der Waals surface area contributed by atoms with Crippen molar-refractivity contribution in [1.82, 2.24) is 19.9 Å². The van der Waals surface area contributed by atoms with Crippen molar-refractivity contribution in [2.75, 3.05) is 38.9 Å². The molecule has 0 unspecified atom stereocenters. The first-order chi connectivity index (χ1) is 11.3. The van der Waals surface area contributed by atoms with E-state index >= 15 is 0 Å². The van der Waals surface area contributed by atoms with E-state index in [2.05, 4.69) is 41.8 Å². The van der Waals surface area contributed by atoms with Crippen LogP contribution in [0.15, 0.2) is 22.7 Å². The van der Waals surface area contributed by atoms with Crippen molar-refractivity contribution in [3.8, 4) is 5.75 Å². The van der Waals surface area contributed by atoms with Crippen LogP contribution in [0, 0.1) is 0 Å². The van der Waals surface area contributed by atoms with Crippen LogP contribution in [0.2, 0.25) is 0 Å². The number of halogens is 1. The van der Waals surface area contributed by atoms with E-state index < -0.39 is 0 Å². The van der Waals surface area contributed by atoms with E-state index in [1.807, 2.05) is 45.1 Å². The number of hydrogen-bond donors (Lipinski definition) is 1. The minimum absolute atomic E-state index is 0.0299. The van der Waals surface area contributed by atoms with E-state index in [0.29, 0.717) is 18.3 Å². The third kappa shape index (κ3) is 4.33. The summed E-state index contributed by atoms with van der Waals surface area (Å²) in [5, 5.41) is 0. The smallest absolute Gasteiger partial charge is 0.229 e. The number of aromatic nitrogens is 3. The molecule has 0 bridgehead atoms. The van der Waals surface area contributed by atoms with Crippen molar-refractivity contribution >= 4 is 27.8 Å². The Labute approximate surface area is 151 Å². The number of ether oxygens (including phenoxy) is 1. The maximum Gasteiger partial charge on any atom is 0.229 e. The fourth-order valence-corrected chi connectivity index (χ4v) is 2.67. The molecule has 1 atom stereocenters. The van der Waals surface area contributed by atoms with Crippen LogP contribution < -0.4 is 15.4 Å². The Morgan fingerprint density at radius 1 is 1.21 bits per heavy atom. The number of nitrogens with zero attached hydrogens (tertiary/aromatic N) is 5. The minimum atomic E-state index is -0.0299. The molecule has 0 spiro atoms. The fourth-order valence-electron chi connectivity index (χ4n) is 2.26. The summed E-state index contributed by atoms with van der Waals surface area (Å²) in [5.74, 6) is 2.27. The van der Waals surface area contributed by atoms with Gasteiger partial charge < -0.3 is 15.4 Å². The number of nitrogen functional groups attached to an aromatic ring is 1. The monoisotopic (exact) mass is 394 g/mol. The summed E-state index contributed by atoms with van der Waals surface area (Å²) in [5.41, 5.74) is 6.90. The van der Waals surface area contributed by atoms with Crippen LogP contribution in [-0.4, -0.2) is 48.1 Å². The molecule has 0 saturated heterocycles.